The topological polar surface area (TPSA) is 46.6 Å². The lowest BCUT2D eigenvalue weighted by Gasteiger charge is -2.13. The summed E-state index contributed by atoms with van der Waals surface area (Å²) in [7, 11) is 0. The van der Waals surface area contributed by atoms with Crippen molar-refractivity contribution in [1.29, 1.82) is 0 Å². The fourth-order valence-corrected chi connectivity index (χ4v) is 4.47. The first-order valence-corrected chi connectivity index (χ1v) is 11.6. The van der Waals surface area contributed by atoms with Gasteiger partial charge in [-0.05, 0) is 65.4 Å². The van der Waals surface area contributed by atoms with Gasteiger partial charge in [-0.2, -0.15) is 0 Å². The van der Waals surface area contributed by atoms with Crippen LogP contribution in [0.1, 0.15) is 16.7 Å². The lowest BCUT2D eigenvalue weighted by Crippen LogP contribution is -2.27. The van der Waals surface area contributed by atoms with E-state index in [-0.39, 0.29) is 29.9 Å². The van der Waals surface area contributed by atoms with Crippen molar-refractivity contribution in [2.24, 2.45) is 0 Å². The average Bonchev–Trinajstić information content (AvgIpc) is 3.04. The Kier molecular flexibility index (Phi) is 7.29. The van der Waals surface area contributed by atoms with Crippen molar-refractivity contribution in [1.82, 2.24) is 4.90 Å². The van der Waals surface area contributed by atoms with Gasteiger partial charge in [0.15, 0.2) is 0 Å². The van der Waals surface area contributed by atoms with Crippen LogP contribution in [-0.4, -0.2) is 16.0 Å². The van der Waals surface area contributed by atoms with Crippen molar-refractivity contribution in [3.8, 4) is 5.75 Å². The highest BCUT2D eigenvalue weighted by Gasteiger charge is 2.35. The Morgan fingerprint density at radius 1 is 0.939 bits per heavy atom. The van der Waals surface area contributed by atoms with Gasteiger partial charge in [0, 0.05) is 5.56 Å². The Hall–Kier alpha value is -2.51. The summed E-state index contributed by atoms with van der Waals surface area (Å²) in [6.45, 7) is 0.0860. The van der Waals surface area contributed by atoms with E-state index < -0.39 is 5.82 Å². The van der Waals surface area contributed by atoms with Crippen LogP contribution in [0.5, 0.6) is 5.75 Å². The van der Waals surface area contributed by atoms with Crippen molar-refractivity contribution in [3.05, 3.63) is 103 Å². The highest BCUT2D eigenvalue weighted by atomic mass is 35.5. The van der Waals surface area contributed by atoms with Crippen LogP contribution < -0.4 is 4.74 Å². The molecular weight excluding hydrogens is 508 g/mol. The minimum Gasteiger partial charge on any atom is -0.489 e. The molecule has 3 aromatic rings. The first-order valence-electron chi connectivity index (χ1n) is 9.67. The normalized spacial score (nSPS) is 14.9. The van der Waals surface area contributed by atoms with Crippen LogP contribution in [0.25, 0.3) is 6.08 Å². The summed E-state index contributed by atoms with van der Waals surface area (Å²) in [5.74, 6) is -0.305. The number of benzene rings is 3. The van der Waals surface area contributed by atoms with Crippen LogP contribution in [0.2, 0.25) is 15.1 Å². The quantitative estimate of drug-likeness (QED) is 0.313. The van der Waals surface area contributed by atoms with Crippen LogP contribution in [0.3, 0.4) is 0 Å². The molecule has 4 nitrogen and oxygen atoms in total. The number of rotatable bonds is 6. The molecule has 0 aliphatic carbocycles. The van der Waals surface area contributed by atoms with E-state index in [1.165, 1.54) is 12.1 Å². The third kappa shape index (κ3) is 5.53. The molecule has 2 amide bonds. The molecule has 4 rings (SSSR count). The van der Waals surface area contributed by atoms with E-state index in [1.54, 1.807) is 54.6 Å². The van der Waals surface area contributed by atoms with Gasteiger partial charge in [0.25, 0.3) is 11.1 Å². The van der Waals surface area contributed by atoms with Gasteiger partial charge in [-0.15, -0.1) is 0 Å². The number of carbonyl (C=O) groups excluding carboxylic acids is 2. The fraction of sp³-hybridized carbons (Fsp3) is 0.0833. The molecule has 1 aliphatic heterocycles. The number of halogens is 4. The molecule has 0 N–H and O–H groups in total. The highest BCUT2D eigenvalue weighted by Crippen LogP contribution is 2.34. The van der Waals surface area contributed by atoms with E-state index >= 15 is 0 Å². The number of ether oxygens (including phenoxy) is 1. The zero-order valence-electron chi connectivity index (χ0n) is 16.9. The monoisotopic (exact) mass is 521 g/mol. The zero-order chi connectivity index (χ0) is 23.5. The SMILES string of the molecule is O=C1S/C(=C\c2ccc(OCc3c(F)cccc3Cl)cc2)C(=O)N1Cc1ccc(Cl)c(Cl)c1. The number of imide groups is 1. The Labute approximate surface area is 208 Å². The number of amides is 2. The average molecular weight is 523 g/mol. The van der Waals surface area contributed by atoms with Gasteiger partial charge in [-0.3, -0.25) is 14.5 Å². The predicted octanol–water partition coefficient (Wildman–Crippen LogP) is 7.60. The molecule has 3 aromatic carbocycles. The van der Waals surface area contributed by atoms with E-state index in [4.69, 9.17) is 39.5 Å². The molecule has 0 aromatic heterocycles. The van der Waals surface area contributed by atoms with Crippen LogP contribution in [0.15, 0.2) is 65.6 Å². The summed E-state index contributed by atoms with van der Waals surface area (Å²) in [6, 6.07) is 16.3. The Bertz CT molecular complexity index is 1240. The predicted molar refractivity (Wildman–Crippen MR) is 130 cm³/mol. The molecule has 33 heavy (non-hydrogen) atoms. The van der Waals surface area contributed by atoms with Gasteiger partial charge >= 0.3 is 0 Å². The Morgan fingerprint density at radius 2 is 1.70 bits per heavy atom. The number of hydrogen-bond acceptors (Lipinski definition) is 4. The molecular formula is C24H15Cl3FNO3S. The summed E-state index contributed by atoms with van der Waals surface area (Å²) in [5, 5.41) is 0.692. The summed E-state index contributed by atoms with van der Waals surface area (Å²) in [5.41, 5.74) is 1.69. The maximum atomic E-state index is 13.9. The molecule has 9 heteroatoms. The zero-order valence-corrected chi connectivity index (χ0v) is 19.9. The van der Waals surface area contributed by atoms with Gasteiger partial charge in [0.05, 0.1) is 26.5 Å². The lowest BCUT2D eigenvalue weighted by atomic mass is 10.2. The second-order valence-corrected chi connectivity index (χ2v) is 9.29. The van der Waals surface area contributed by atoms with Gasteiger partial charge < -0.3 is 4.74 Å². The standard InChI is InChI=1S/C24H15Cl3FNO3S/c25-18-2-1-3-21(28)17(18)13-32-16-7-4-14(5-8-16)11-22-23(30)29(24(31)33-22)12-15-6-9-19(26)20(27)10-15/h1-11H,12-13H2/b22-11-. The van der Waals surface area contributed by atoms with E-state index in [9.17, 15) is 14.0 Å². The van der Waals surface area contributed by atoms with Crippen LogP contribution in [0, 0.1) is 5.82 Å². The molecule has 0 bridgehead atoms. The fourth-order valence-electron chi connectivity index (χ4n) is 3.09. The number of thioether (sulfide) groups is 1. The second-order valence-electron chi connectivity index (χ2n) is 7.07. The maximum Gasteiger partial charge on any atom is 0.293 e. The van der Waals surface area contributed by atoms with Gasteiger partial charge in [0.2, 0.25) is 0 Å². The van der Waals surface area contributed by atoms with E-state index in [0.29, 0.717) is 36.8 Å². The summed E-state index contributed by atoms with van der Waals surface area (Å²) in [6.07, 6.45) is 1.64. The summed E-state index contributed by atoms with van der Waals surface area (Å²) >= 11 is 18.8. The lowest BCUT2D eigenvalue weighted by molar-refractivity contribution is -0.123. The smallest absolute Gasteiger partial charge is 0.293 e. The van der Waals surface area contributed by atoms with E-state index in [1.807, 2.05) is 0 Å². The van der Waals surface area contributed by atoms with Crippen LogP contribution in [-0.2, 0) is 17.9 Å². The van der Waals surface area contributed by atoms with Gasteiger partial charge in [-0.25, -0.2) is 4.39 Å². The molecule has 168 valence electrons. The number of carbonyl (C=O) groups is 2. The van der Waals surface area contributed by atoms with Gasteiger partial charge in [0.1, 0.15) is 18.2 Å². The van der Waals surface area contributed by atoms with Crippen molar-refractivity contribution < 1.29 is 18.7 Å². The van der Waals surface area contributed by atoms with Crippen LogP contribution >= 0.6 is 46.6 Å². The summed E-state index contributed by atoms with van der Waals surface area (Å²) < 4.78 is 19.5. The van der Waals surface area contributed by atoms with Crippen molar-refractivity contribution in [2.45, 2.75) is 13.2 Å². The minimum absolute atomic E-state index is 0.0154. The highest BCUT2D eigenvalue weighted by molar-refractivity contribution is 8.18. The Morgan fingerprint density at radius 3 is 2.39 bits per heavy atom. The molecule has 1 heterocycles. The van der Waals surface area contributed by atoms with Crippen molar-refractivity contribution in [3.63, 3.8) is 0 Å². The molecule has 0 unspecified atom stereocenters. The molecule has 0 radical (unpaired) electrons. The molecule has 0 atom stereocenters. The second kappa shape index (κ2) is 10.2. The van der Waals surface area contributed by atoms with Crippen molar-refractivity contribution in [2.75, 3.05) is 0 Å². The largest absolute Gasteiger partial charge is 0.489 e. The third-order valence-electron chi connectivity index (χ3n) is 4.82. The molecule has 0 saturated carbocycles. The van der Waals surface area contributed by atoms with Crippen molar-refractivity contribution >= 4 is 63.8 Å². The summed E-state index contributed by atoms with van der Waals surface area (Å²) in [4.78, 5) is 26.6. The molecule has 1 saturated heterocycles. The first kappa shape index (κ1) is 23.6. The molecule has 1 aliphatic rings. The van der Waals surface area contributed by atoms with E-state index in [2.05, 4.69) is 0 Å². The number of hydrogen-bond donors (Lipinski definition) is 0. The molecule has 1 fully saturated rings. The van der Waals surface area contributed by atoms with E-state index in [0.717, 1.165) is 16.7 Å². The minimum atomic E-state index is -0.435. The van der Waals surface area contributed by atoms with Crippen LogP contribution in [0.4, 0.5) is 9.18 Å². The molecule has 0 spiro atoms. The first-order chi connectivity index (χ1) is 15.8. The number of nitrogens with zero attached hydrogens (tertiary/aromatic N) is 1. The third-order valence-corrected chi connectivity index (χ3v) is 6.82. The maximum absolute atomic E-state index is 13.9. The Balaban J connectivity index is 1.42. The van der Waals surface area contributed by atoms with Gasteiger partial charge in [-0.1, -0.05) is 59.1 Å².